The number of alkyl carbamates (subject to hydrolysis) is 1. The first-order valence-corrected chi connectivity index (χ1v) is 12.5. The predicted molar refractivity (Wildman–Crippen MR) is 137 cm³/mol. The lowest BCUT2D eigenvalue weighted by Gasteiger charge is -2.32. The molecule has 1 heterocycles. The van der Waals surface area contributed by atoms with Gasteiger partial charge in [-0.2, -0.15) is 13.2 Å². The highest BCUT2D eigenvalue weighted by Crippen LogP contribution is 2.23. The summed E-state index contributed by atoms with van der Waals surface area (Å²) in [5, 5.41) is 4.88. The Morgan fingerprint density at radius 2 is 1.37 bits per heavy atom. The highest BCUT2D eigenvalue weighted by atomic mass is 19.4. The minimum absolute atomic E-state index is 0.182. The number of halogens is 3. The van der Waals surface area contributed by atoms with Gasteiger partial charge in [0.25, 0.3) is 0 Å². The van der Waals surface area contributed by atoms with Crippen LogP contribution in [0.25, 0.3) is 0 Å². The second kappa shape index (κ2) is 12.6. The number of likely N-dealkylation sites (tertiary alicyclic amines) is 1. The first-order valence-electron chi connectivity index (χ1n) is 12.5. The largest absolute Gasteiger partial charge is 0.471 e. The molecule has 1 fully saturated rings. The third-order valence-electron chi connectivity index (χ3n) is 6.48. The first kappa shape index (κ1) is 27.2. The Morgan fingerprint density at radius 1 is 0.842 bits per heavy atom. The van der Waals surface area contributed by atoms with Crippen LogP contribution in [0, 0.1) is 0 Å². The van der Waals surface area contributed by atoms with E-state index in [1.54, 1.807) is 12.1 Å². The van der Waals surface area contributed by atoms with Gasteiger partial charge >= 0.3 is 18.2 Å². The standard InChI is InChI=1S/C29H30F3N3O3/c30-29(31,32)27(36)33-19-21-11-13-22(14-12-21)20-35-17-15-25(16-18-35)38-28(37)34-26(23-7-3-1-4-8-23)24-9-5-2-6-10-24/h1-14,25-26H,15-20H2,(H,33,36)(H,34,37). The molecule has 2 amide bonds. The van der Waals surface area contributed by atoms with E-state index >= 15 is 0 Å². The molecule has 38 heavy (non-hydrogen) atoms. The summed E-state index contributed by atoms with van der Waals surface area (Å²) in [4.78, 5) is 26.0. The number of piperidine rings is 1. The predicted octanol–water partition coefficient (Wildman–Crippen LogP) is 5.35. The zero-order chi connectivity index (χ0) is 27.0. The number of alkyl halides is 3. The molecule has 200 valence electrons. The molecule has 0 unspecified atom stereocenters. The van der Waals surface area contributed by atoms with Crippen molar-refractivity contribution in [2.75, 3.05) is 13.1 Å². The molecule has 0 bridgehead atoms. The summed E-state index contributed by atoms with van der Waals surface area (Å²) in [5.74, 6) is -1.95. The highest BCUT2D eigenvalue weighted by molar-refractivity contribution is 5.81. The van der Waals surface area contributed by atoms with Crippen molar-refractivity contribution in [3.63, 3.8) is 0 Å². The zero-order valence-corrected chi connectivity index (χ0v) is 20.8. The zero-order valence-electron chi connectivity index (χ0n) is 20.8. The van der Waals surface area contributed by atoms with Gasteiger partial charge in [0.2, 0.25) is 0 Å². The number of nitrogens with one attached hydrogen (secondary N) is 2. The Balaban J connectivity index is 1.23. The molecule has 1 aliphatic heterocycles. The summed E-state index contributed by atoms with van der Waals surface area (Å²) in [6.07, 6.45) is -4.11. The molecule has 0 atom stereocenters. The number of carbonyl (C=O) groups is 2. The summed E-state index contributed by atoms with van der Waals surface area (Å²) in [6, 6.07) is 26.3. The molecular formula is C29H30F3N3O3. The molecule has 3 aromatic carbocycles. The first-order chi connectivity index (χ1) is 18.3. The summed E-state index contributed by atoms with van der Waals surface area (Å²) in [5.41, 5.74) is 3.55. The van der Waals surface area contributed by atoms with E-state index < -0.39 is 18.2 Å². The molecular weight excluding hydrogens is 495 g/mol. The van der Waals surface area contributed by atoms with Gasteiger partial charge in [-0.05, 0) is 35.1 Å². The van der Waals surface area contributed by atoms with E-state index in [1.807, 2.05) is 78.1 Å². The Labute approximate surface area is 219 Å². The molecule has 6 nitrogen and oxygen atoms in total. The topological polar surface area (TPSA) is 70.7 Å². The van der Waals surface area contributed by atoms with Crippen LogP contribution >= 0.6 is 0 Å². The van der Waals surface area contributed by atoms with Gasteiger partial charge in [0, 0.05) is 26.2 Å². The van der Waals surface area contributed by atoms with E-state index in [-0.39, 0.29) is 18.7 Å². The normalized spacial score (nSPS) is 14.7. The number of rotatable bonds is 8. The van der Waals surface area contributed by atoms with E-state index in [9.17, 15) is 22.8 Å². The summed E-state index contributed by atoms with van der Waals surface area (Å²) >= 11 is 0. The van der Waals surface area contributed by atoms with Crippen LogP contribution in [0.4, 0.5) is 18.0 Å². The Morgan fingerprint density at radius 3 is 1.89 bits per heavy atom. The minimum atomic E-state index is -4.89. The van der Waals surface area contributed by atoms with Crippen LogP contribution in [0.1, 0.15) is 41.1 Å². The maximum absolute atomic E-state index is 12.8. The van der Waals surface area contributed by atoms with E-state index in [0.717, 1.165) is 29.8 Å². The van der Waals surface area contributed by atoms with Crippen LogP contribution in [0.3, 0.4) is 0 Å². The molecule has 1 aliphatic rings. The average Bonchev–Trinajstić information content (AvgIpc) is 2.92. The molecule has 0 saturated carbocycles. The molecule has 2 N–H and O–H groups in total. The SMILES string of the molecule is O=C(NC(c1ccccc1)c1ccccc1)OC1CCN(Cc2ccc(CNC(=O)C(F)(F)F)cc2)CC1. The maximum atomic E-state index is 12.8. The van der Waals surface area contributed by atoms with Crippen LogP contribution in [-0.4, -0.2) is 42.3 Å². The van der Waals surface area contributed by atoms with Gasteiger partial charge in [-0.25, -0.2) is 4.79 Å². The monoisotopic (exact) mass is 525 g/mol. The van der Waals surface area contributed by atoms with Crippen molar-refractivity contribution >= 4 is 12.0 Å². The number of hydrogen-bond donors (Lipinski definition) is 2. The maximum Gasteiger partial charge on any atom is 0.471 e. The number of benzene rings is 3. The van der Waals surface area contributed by atoms with Crippen molar-refractivity contribution in [1.29, 1.82) is 0 Å². The van der Waals surface area contributed by atoms with E-state index in [4.69, 9.17) is 4.74 Å². The van der Waals surface area contributed by atoms with Gasteiger partial charge < -0.3 is 15.4 Å². The van der Waals surface area contributed by atoms with Gasteiger partial charge in [-0.15, -0.1) is 0 Å². The van der Waals surface area contributed by atoms with Crippen molar-refractivity contribution in [2.24, 2.45) is 0 Å². The van der Waals surface area contributed by atoms with Crippen LogP contribution in [0.5, 0.6) is 0 Å². The van der Waals surface area contributed by atoms with Gasteiger partial charge in [0.15, 0.2) is 0 Å². The van der Waals surface area contributed by atoms with Crippen molar-refractivity contribution in [2.45, 2.75) is 44.3 Å². The molecule has 0 aromatic heterocycles. The van der Waals surface area contributed by atoms with Gasteiger partial charge in [0.1, 0.15) is 6.10 Å². The van der Waals surface area contributed by atoms with Crippen molar-refractivity contribution in [3.05, 3.63) is 107 Å². The number of hydrogen-bond acceptors (Lipinski definition) is 4. The van der Waals surface area contributed by atoms with Gasteiger partial charge in [-0.1, -0.05) is 84.9 Å². The van der Waals surface area contributed by atoms with Crippen LogP contribution < -0.4 is 10.6 Å². The van der Waals surface area contributed by atoms with E-state index in [2.05, 4.69) is 10.2 Å². The van der Waals surface area contributed by atoms with Gasteiger partial charge in [0.05, 0.1) is 6.04 Å². The smallest absolute Gasteiger partial charge is 0.446 e. The third kappa shape index (κ3) is 7.82. The molecule has 0 spiro atoms. The number of carbonyl (C=O) groups excluding carboxylic acids is 2. The van der Waals surface area contributed by atoms with E-state index in [1.165, 1.54) is 0 Å². The number of nitrogens with zero attached hydrogens (tertiary/aromatic N) is 1. The van der Waals surface area contributed by atoms with Crippen molar-refractivity contribution < 1.29 is 27.5 Å². The fraction of sp³-hybridized carbons (Fsp3) is 0.310. The lowest BCUT2D eigenvalue weighted by Crippen LogP contribution is -2.40. The Kier molecular flexibility index (Phi) is 9.02. The summed E-state index contributed by atoms with van der Waals surface area (Å²) in [6.45, 7) is 2.00. The minimum Gasteiger partial charge on any atom is -0.446 e. The average molecular weight is 526 g/mol. The quantitative estimate of drug-likeness (QED) is 0.416. The van der Waals surface area contributed by atoms with E-state index in [0.29, 0.717) is 24.9 Å². The lowest BCUT2D eigenvalue weighted by atomic mass is 9.99. The number of ether oxygens (including phenoxy) is 1. The fourth-order valence-electron chi connectivity index (χ4n) is 4.44. The fourth-order valence-corrected chi connectivity index (χ4v) is 4.44. The molecule has 9 heteroatoms. The Hall–Kier alpha value is -3.85. The third-order valence-corrected chi connectivity index (χ3v) is 6.48. The molecule has 1 saturated heterocycles. The molecule has 3 aromatic rings. The summed E-state index contributed by atoms with van der Waals surface area (Å²) in [7, 11) is 0. The van der Waals surface area contributed by atoms with Crippen LogP contribution in [0.2, 0.25) is 0 Å². The van der Waals surface area contributed by atoms with Crippen LogP contribution in [0.15, 0.2) is 84.9 Å². The van der Waals surface area contributed by atoms with Crippen LogP contribution in [-0.2, 0) is 22.6 Å². The molecule has 0 aliphatic carbocycles. The second-order valence-electron chi connectivity index (χ2n) is 9.28. The van der Waals surface area contributed by atoms with Crippen molar-refractivity contribution in [1.82, 2.24) is 15.5 Å². The van der Waals surface area contributed by atoms with Crippen molar-refractivity contribution in [3.8, 4) is 0 Å². The highest BCUT2D eigenvalue weighted by Gasteiger charge is 2.38. The molecule has 4 rings (SSSR count). The second-order valence-corrected chi connectivity index (χ2v) is 9.28. The Bertz CT molecular complexity index is 1140. The lowest BCUT2D eigenvalue weighted by molar-refractivity contribution is -0.173. The molecule has 0 radical (unpaired) electrons. The summed E-state index contributed by atoms with van der Waals surface area (Å²) < 4.78 is 42.7. The number of amides is 2. The van der Waals surface area contributed by atoms with Gasteiger partial charge in [-0.3, -0.25) is 9.69 Å².